The number of carbonyl (C=O) groups is 1. The molecule has 0 unspecified atom stereocenters. The van der Waals surface area contributed by atoms with Crippen molar-refractivity contribution in [2.24, 2.45) is 53.1 Å². The first-order valence-electron chi connectivity index (χ1n) is 19.6. The largest absolute Gasteiger partial charge is 0.481 e. The van der Waals surface area contributed by atoms with Crippen LogP contribution in [0.25, 0.3) is 0 Å². The van der Waals surface area contributed by atoms with Crippen LogP contribution in [-0.2, 0) is 16.6 Å². The monoisotopic (exact) mass is 647 g/mol. The summed E-state index contributed by atoms with van der Waals surface area (Å²) in [7, 11) is 0. The molecule has 0 bridgehead atoms. The number of allylic oxidation sites excluding steroid dienone is 4. The Morgan fingerprint density at radius 3 is 2.21 bits per heavy atom. The van der Waals surface area contributed by atoms with Gasteiger partial charge in [0.25, 0.3) is 0 Å². The van der Waals surface area contributed by atoms with E-state index in [1.807, 2.05) is 6.08 Å². The van der Waals surface area contributed by atoms with E-state index in [0.29, 0.717) is 18.4 Å². The van der Waals surface area contributed by atoms with Crippen LogP contribution >= 0.6 is 0 Å². The van der Waals surface area contributed by atoms with Crippen molar-refractivity contribution < 1.29 is 9.90 Å². The van der Waals surface area contributed by atoms with Crippen LogP contribution in [0, 0.1) is 47.3 Å². The number of carboxylic acid groups (broad SMARTS) is 1. The second kappa shape index (κ2) is 17.1. The Bertz CT molecular complexity index is 1350. The molecule has 7 atom stereocenters. The van der Waals surface area contributed by atoms with Gasteiger partial charge in [0.1, 0.15) is 0 Å². The lowest BCUT2D eigenvalue weighted by Crippen LogP contribution is -2.52. The van der Waals surface area contributed by atoms with Gasteiger partial charge in [-0.15, -0.1) is 0 Å². The molecule has 2 fully saturated rings. The van der Waals surface area contributed by atoms with Crippen molar-refractivity contribution in [3.63, 3.8) is 0 Å². The van der Waals surface area contributed by atoms with Gasteiger partial charge in [-0.2, -0.15) is 0 Å². The van der Waals surface area contributed by atoms with Crippen molar-refractivity contribution >= 4 is 5.97 Å². The van der Waals surface area contributed by atoms with E-state index in [2.05, 4.69) is 91.0 Å². The van der Waals surface area contributed by atoms with Gasteiger partial charge < -0.3 is 10.8 Å². The van der Waals surface area contributed by atoms with E-state index < -0.39 is 11.9 Å². The zero-order valence-electron chi connectivity index (χ0n) is 29.3. The molecule has 0 aliphatic heterocycles. The fourth-order valence-corrected chi connectivity index (χ4v) is 10.6. The Morgan fingerprint density at radius 1 is 0.812 bits per heavy atom. The van der Waals surface area contributed by atoms with Gasteiger partial charge in [0, 0.05) is 5.41 Å². The van der Waals surface area contributed by atoms with Crippen molar-refractivity contribution in [3.05, 3.63) is 108 Å². The highest BCUT2D eigenvalue weighted by molar-refractivity contribution is 5.73. The smallest absolute Gasteiger partial charge is 0.310 e. The molecule has 3 heteroatoms. The van der Waals surface area contributed by atoms with Gasteiger partial charge in [0.15, 0.2) is 0 Å². The van der Waals surface area contributed by atoms with Gasteiger partial charge in [-0.3, -0.25) is 4.79 Å². The molecular formula is C45H61NO2. The molecule has 0 amide bonds. The molecule has 2 aromatic carbocycles. The summed E-state index contributed by atoms with van der Waals surface area (Å²) in [6, 6.07) is 22.0. The number of benzene rings is 2. The van der Waals surface area contributed by atoms with Crippen LogP contribution in [0.3, 0.4) is 0 Å². The third kappa shape index (κ3) is 8.27. The Kier molecular flexibility index (Phi) is 12.5. The van der Waals surface area contributed by atoms with Crippen LogP contribution in [0.15, 0.2) is 97.1 Å². The molecular weight excluding hydrogens is 587 g/mol. The lowest BCUT2D eigenvalue weighted by atomic mass is 9.49. The Hall–Kier alpha value is -2.91. The van der Waals surface area contributed by atoms with Crippen LogP contribution in [-0.4, -0.2) is 17.6 Å². The summed E-state index contributed by atoms with van der Waals surface area (Å²) >= 11 is 0. The molecule has 4 aliphatic rings. The summed E-state index contributed by atoms with van der Waals surface area (Å²) in [6.07, 6.45) is 34.3. The van der Waals surface area contributed by atoms with Gasteiger partial charge in [-0.1, -0.05) is 148 Å². The van der Waals surface area contributed by atoms with Crippen molar-refractivity contribution in [2.45, 2.75) is 108 Å². The number of hydrogen-bond donors (Lipinski definition) is 2. The van der Waals surface area contributed by atoms with E-state index in [1.54, 1.807) is 0 Å². The molecule has 0 spiro atoms. The number of nitrogens with two attached hydrogens (primary N) is 1. The zero-order valence-corrected chi connectivity index (χ0v) is 29.3. The molecule has 2 aromatic rings. The maximum absolute atomic E-state index is 13.1. The van der Waals surface area contributed by atoms with Gasteiger partial charge in [-0.05, 0) is 110 Å². The Balaban J connectivity index is 1.28. The summed E-state index contributed by atoms with van der Waals surface area (Å²) in [5.41, 5.74) is 9.36. The lowest BCUT2D eigenvalue weighted by Gasteiger charge is -2.55. The maximum Gasteiger partial charge on any atom is 0.310 e. The predicted octanol–water partition coefficient (Wildman–Crippen LogP) is 10.7. The predicted molar refractivity (Wildman–Crippen MR) is 200 cm³/mol. The van der Waals surface area contributed by atoms with E-state index in [1.165, 1.54) is 75.3 Å². The van der Waals surface area contributed by atoms with Gasteiger partial charge in [-0.25, -0.2) is 0 Å². The number of aliphatic carboxylic acids is 1. The normalized spacial score (nSPS) is 29.4. The van der Waals surface area contributed by atoms with Crippen LogP contribution < -0.4 is 5.73 Å². The molecule has 0 aromatic heterocycles. The third-order valence-corrected chi connectivity index (χ3v) is 13.1. The summed E-state index contributed by atoms with van der Waals surface area (Å²) < 4.78 is 0. The molecule has 3 nitrogen and oxygen atoms in total. The number of fused-ring (bicyclic) bond motifs is 1. The van der Waals surface area contributed by atoms with Crippen molar-refractivity contribution in [1.82, 2.24) is 0 Å². The summed E-state index contributed by atoms with van der Waals surface area (Å²) in [4.78, 5) is 13.1. The highest BCUT2D eigenvalue weighted by atomic mass is 16.4. The highest BCUT2D eigenvalue weighted by Crippen LogP contribution is 2.57. The lowest BCUT2D eigenvalue weighted by molar-refractivity contribution is -0.145. The fraction of sp³-hybridized carbons (Fsp3) is 0.578. The molecule has 48 heavy (non-hydrogen) atoms. The number of aryl methyl sites for hydroxylation is 1. The second-order valence-electron chi connectivity index (χ2n) is 15.9. The van der Waals surface area contributed by atoms with Gasteiger partial charge >= 0.3 is 5.97 Å². The molecule has 0 saturated heterocycles. The van der Waals surface area contributed by atoms with E-state index in [-0.39, 0.29) is 29.1 Å². The molecule has 2 saturated carbocycles. The number of hydrogen-bond acceptors (Lipinski definition) is 2. The minimum absolute atomic E-state index is 0.0181. The highest BCUT2D eigenvalue weighted by Gasteiger charge is 2.54. The second-order valence-corrected chi connectivity index (χ2v) is 15.9. The third-order valence-electron chi connectivity index (χ3n) is 13.1. The quantitative estimate of drug-likeness (QED) is 0.201. The van der Waals surface area contributed by atoms with Crippen LogP contribution in [0.2, 0.25) is 0 Å². The van der Waals surface area contributed by atoms with E-state index in [0.717, 1.165) is 44.4 Å². The van der Waals surface area contributed by atoms with Crippen LogP contribution in [0.1, 0.15) is 107 Å². The average Bonchev–Trinajstić information content (AvgIpc) is 3.14. The Morgan fingerprint density at radius 2 is 1.50 bits per heavy atom. The first-order chi connectivity index (χ1) is 23.6. The first-order valence-corrected chi connectivity index (χ1v) is 19.6. The Labute approximate surface area is 291 Å². The van der Waals surface area contributed by atoms with Crippen molar-refractivity contribution in [3.8, 4) is 0 Å². The zero-order chi connectivity index (χ0) is 33.2. The molecule has 0 radical (unpaired) electrons. The minimum Gasteiger partial charge on any atom is -0.481 e. The van der Waals surface area contributed by atoms with E-state index >= 15 is 0 Å². The molecule has 3 N–H and O–H groups in total. The molecule has 258 valence electrons. The summed E-state index contributed by atoms with van der Waals surface area (Å²) in [5, 5.41) is 10.7. The molecule has 4 aliphatic carbocycles. The van der Waals surface area contributed by atoms with Crippen LogP contribution in [0.5, 0.6) is 0 Å². The SMILES string of the molecule is NC[C@@H]1C=C[C@@H](C(=O)O)[C@@H]2[C@@H]1[C@H](C[C@@H](CC=CCCC1CCCCC1)CCc1ccccc1)C=C[C@@H]2C1(c2ccccc2)CCCCC1. The summed E-state index contributed by atoms with van der Waals surface area (Å²) in [6.45, 7) is 0.579. The van der Waals surface area contributed by atoms with Crippen LogP contribution in [0.4, 0.5) is 0 Å². The van der Waals surface area contributed by atoms with E-state index in [9.17, 15) is 9.90 Å². The topological polar surface area (TPSA) is 63.3 Å². The van der Waals surface area contributed by atoms with Gasteiger partial charge in [0.05, 0.1) is 5.92 Å². The average molecular weight is 648 g/mol. The standard InChI is InChI=1S/C45H61NO2/c46-33-38-26-28-40(44(47)48)43-41(45(30-14-5-15-31-45)39-22-12-4-13-23-39)29-27-37(42(38)43)32-36(25-24-35-19-9-2-10-20-35)21-11-3-8-18-34-16-6-1-7-17-34/h2-4,9-13,19-20,22-23,26-29,34,36-38,40-43H,1,5-8,14-18,21,24-25,30-33,46H2,(H,47,48)/t36-,37-,38-,40+,41-,42+,43-/m0/s1. The van der Waals surface area contributed by atoms with Crippen molar-refractivity contribution in [1.29, 1.82) is 0 Å². The molecule has 6 rings (SSSR count). The maximum atomic E-state index is 13.1. The fourth-order valence-electron chi connectivity index (χ4n) is 10.6. The van der Waals surface area contributed by atoms with Crippen molar-refractivity contribution in [2.75, 3.05) is 6.54 Å². The van der Waals surface area contributed by atoms with E-state index in [4.69, 9.17) is 5.73 Å². The number of carboxylic acids is 1. The molecule has 0 heterocycles. The van der Waals surface area contributed by atoms with Gasteiger partial charge in [0.2, 0.25) is 0 Å². The number of rotatable bonds is 14. The summed E-state index contributed by atoms with van der Waals surface area (Å²) in [5.74, 6) is 1.37. The first kappa shape index (κ1) is 34.9. The minimum atomic E-state index is -0.670.